The molecule has 0 fully saturated rings. The van der Waals surface area contributed by atoms with Crippen molar-refractivity contribution in [3.8, 4) is 5.75 Å². The van der Waals surface area contributed by atoms with Crippen molar-refractivity contribution in [3.63, 3.8) is 0 Å². The molecule has 1 amide bonds. The van der Waals surface area contributed by atoms with Gasteiger partial charge in [0.25, 0.3) is 5.91 Å². The highest BCUT2D eigenvalue weighted by Crippen LogP contribution is 2.28. The molecule has 8 heteroatoms. The number of aliphatic hydroxyl groups excluding tert-OH is 1. The summed E-state index contributed by atoms with van der Waals surface area (Å²) >= 11 is 1.97. The fourth-order valence-electron chi connectivity index (χ4n) is 2.67. The topological polar surface area (TPSA) is 92.8 Å². The van der Waals surface area contributed by atoms with Gasteiger partial charge in [-0.3, -0.25) is 4.79 Å². The molecular weight excluding hydrogens is 483 g/mol. The zero-order valence-corrected chi connectivity index (χ0v) is 17.7. The van der Waals surface area contributed by atoms with Gasteiger partial charge in [0.2, 0.25) is 0 Å². The number of ether oxygens (including phenoxy) is 1. The molecule has 0 unspecified atom stereocenters. The van der Waals surface area contributed by atoms with Crippen LogP contribution in [0.5, 0.6) is 5.75 Å². The molecule has 0 aliphatic rings. The number of nitrogens with two attached hydrogens (primary N) is 1. The average Bonchev–Trinajstić information content (AvgIpc) is 2.55. The lowest BCUT2D eigenvalue weighted by atomic mass is 9.97. The largest absolute Gasteiger partial charge is 0.493 e. The Morgan fingerprint density at radius 2 is 1.93 bits per heavy atom. The van der Waals surface area contributed by atoms with Crippen molar-refractivity contribution in [2.24, 2.45) is 5.73 Å². The number of primary amides is 1. The Kier molecular flexibility index (Phi) is 7.35. The van der Waals surface area contributed by atoms with E-state index in [1.807, 2.05) is 22.6 Å². The summed E-state index contributed by atoms with van der Waals surface area (Å²) in [4.78, 5) is 12.0. The molecule has 0 spiro atoms. The summed E-state index contributed by atoms with van der Waals surface area (Å²) in [6, 6.07) is 6.75. The van der Waals surface area contributed by atoms with Crippen molar-refractivity contribution >= 4 is 28.5 Å². The summed E-state index contributed by atoms with van der Waals surface area (Å²) in [5.74, 6) is -2.05. The van der Waals surface area contributed by atoms with Crippen molar-refractivity contribution < 1.29 is 28.5 Å². The fourth-order valence-corrected chi connectivity index (χ4v) is 3.13. The number of rotatable bonds is 8. The SMILES string of the molecule is CC(C)(O)[C@H](O)CCOc1cc(F)cc(Cc2ccc(I)cc2F)c1C(N)=O. The summed E-state index contributed by atoms with van der Waals surface area (Å²) in [7, 11) is 0. The minimum absolute atomic E-state index is 0.0402. The molecule has 0 heterocycles. The van der Waals surface area contributed by atoms with Crippen LogP contribution < -0.4 is 10.5 Å². The Morgan fingerprint density at radius 3 is 2.50 bits per heavy atom. The van der Waals surface area contributed by atoms with E-state index in [9.17, 15) is 23.8 Å². The lowest BCUT2D eigenvalue weighted by Gasteiger charge is -2.24. The minimum Gasteiger partial charge on any atom is -0.493 e. The van der Waals surface area contributed by atoms with Crippen LogP contribution in [0.1, 0.15) is 41.8 Å². The molecule has 2 aromatic rings. The van der Waals surface area contributed by atoms with Crippen LogP contribution in [-0.4, -0.2) is 34.4 Å². The summed E-state index contributed by atoms with van der Waals surface area (Å²) in [6.45, 7) is 2.82. The number of hydrogen-bond acceptors (Lipinski definition) is 4. The third-order valence-corrected chi connectivity index (χ3v) is 4.93. The highest BCUT2D eigenvalue weighted by molar-refractivity contribution is 14.1. The van der Waals surface area contributed by atoms with Gasteiger partial charge in [-0.1, -0.05) is 6.07 Å². The molecule has 0 saturated carbocycles. The van der Waals surface area contributed by atoms with Crippen molar-refractivity contribution in [1.29, 1.82) is 0 Å². The van der Waals surface area contributed by atoms with Gasteiger partial charge in [0.1, 0.15) is 17.4 Å². The first kappa shape index (κ1) is 22.5. The lowest BCUT2D eigenvalue weighted by Crippen LogP contribution is -2.36. The van der Waals surface area contributed by atoms with Gasteiger partial charge in [-0.25, -0.2) is 8.78 Å². The maximum absolute atomic E-state index is 14.2. The number of amides is 1. The van der Waals surface area contributed by atoms with Gasteiger partial charge in [0.05, 0.1) is 23.9 Å². The first-order chi connectivity index (χ1) is 13.0. The smallest absolute Gasteiger partial charge is 0.252 e. The Morgan fingerprint density at radius 1 is 1.25 bits per heavy atom. The van der Waals surface area contributed by atoms with Crippen LogP contribution in [0.2, 0.25) is 0 Å². The van der Waals surface area contributed by atoms with Crippen molar-refractivity contribution in [3.05, 3.63) is 62.2 Å². The van der Waals surface area contributed by atoms with E-state index in [4.69, 9.17) is 10.5 Å². The third kappa shape index (κ3) is 5.86. The fraction of sp³-hybridized carbons (Fsp3) is 0.350. The first-order valence-electron chi connectivity index (χ1n) is 8.58. The summed E-state index contributed by atoms with van der Waals surface area (Å²) in [5.41, 5.74) is 4.57. The molecule has 0 radical (unpaired) electrons. The van der Waals surface area contributed by atoms with Gasteiger partial charge in [-0.05, 0) is 65.8 Å². The van der Waals surface area contributed by atoms with Crippen molar-refractivity contribution in [1.82, 2.24) is 0 Å². The molecule has 0 bridgehead atoms. The molecular formula is C20H22F2INO4. The third-order valence-electron chi connectivity index (χ3n) is 4.26. The number of aliphatic hydroxyl groups is 2. The molecule has 2 aromatic carbocycles. The maximum Gasteiger partial charge on any atom is 0.252 e. The van der Waals surface area contributed by atoms with E-state index < -0.39 is 29.2 Å². The number of carbonyl (C=O) groups is 1. The van der Waals surface area contributed by atoms with Crippen LogP contribution in [0.15, 0.2) is 30.3 Å². The zero-order valence-electron chi connectivity index (χ0n) is 15.5. The predicted molar refractivity (Wildman–Crippen MR) is 109 cm³/mol. The number of carbonyl (C=O) groups excluding carboxylic acids is 1. The second-order valence-corrected chi connectivity index (χ2v) is 8.27. The van der Waals surface area contributed by atoms with E-state index >= 15 is 0 Å². The Hall–Kier alpha value is -1.78. The van der Waals surface area contributed by atoms with E-state index in [0.717, 1.165) is 12.1 Å². The maximum atomic E-state index is 14.2. The van der Waals surface area contributed by atoms with E-state index in [2.05, 4.69) is 0 Å². The van der Waals surface area contributed by atoms with E-state index in [0.29, 0.717) is 3.57 Å². The highest BCUT2D eigenvalue weighted by atomic mass is 127. The van der Waals surface area contributed by atoms with Crippen LogP contribution in [0.3, 0.4) is 0 Å². The van der Waals surface area contributed by atoms with Gasteiger partial charge < -0.3 is 20.7 Å². The molecule has 2 rings (SSSR count). The summed E-state index contributed by atoms with van der Waals surface area (Å²) in [6.07, 6.45) is -1.06. The summed E-state index contributed by atoms with van der Waals surface area (Å²) < 4.78 is 34.4. The van der Waals surface area contributed by atoms with Crippen LogP contribution >= 0.6 is 22.6 Å². The van der Waals surface area contributed by atoms with E-state index in [1.54, 1.807) is 12.1 Å². The quantitative estimate of drug-likeness (QED) is 0.481. The average molecular weight is 505 g/mol. The number of benzene rings is 2. The molecule has 5 nitrogen and oxygen atoms in total. The zero-order chi connectivity index (χ0) is 21.1. The minimum atomic E-state index is -1.33. The molecule has 1 atom stereocenters. The van der Waals surface area contributed by atoms with Gasteiger partial charge in [0.15, 0.2) is 0 Å². The lowest BCUT2D eigenvalue weighted by molar-refractivity contribution is -0.0557. The van der Waals surface area contributed by atoms with Crippen LogP contribution in [0.25, 0.3) is 0 Å². The second-order valence-electron chi connectivity index (χ2n) is 7.02. The van der Waals surface area contributed by atoms with Crippen LogP contribution in [0.4, 0.5) is 8.78 Å². The van der Waals surface area contributed by atoms with Gasteiger partial charge >= 0.3 is 0 Å². The molecule has 28 heavy (non-hydrogen) atoms. The Bertz CT molecular complexity index is 868. The Balaban J connectivity index is 2.30. The van der Waals surface area contributed by atoms with E-state index in [1.165, 1.54) is 19.9 Å². The molecule has 0 aliphatic heterocycles. The molecule has 152 valence electrons. The molecule has 0 saturated heterocycles. The van der Waals surface area contributed by atoms with Crippen molar-refractivity contribution in [2.75, 3.05) is 6.61 Å². The highest BCUT2D eigenvalue weighted by Gasteiger charge is 2.25. The van der Waals surface area contributed by atoms with Gasteiger partial charge in [-0.2, -0.15) is 0 Å². The number of halogens is 3. The van der Waals surface area contributed by atoms with Crippen LogP contribution in [0, 0.1) is 15.2 Å². The van der Waals surface area contributed by atoms with Crippen LogP contribution in [-0.2, 0) is 6.42 Å². The van der Waals surface area contributed by atoms with Gasteiger partial charge in [-0.15, -0.1) is 0 Å². The van der Waals surface area contributed by atoms with Crippen molar-refractivity contribution in [2.45, 2.75) is 38.4 Å². The first-order valence-corrected chi connectivity index (χ1v) is 9.66. The van der Waals surface area contributed by atoms with Gasteiger partial charge in [0, 0.05) is 22.5 Å². The number of hydrogen-bond donors (Lipinski definition) is 3. The summed E-state index contributed by atoms with van der Waals surface area (Å²) in [5, 5.41) is 19.6. The Labute approximate surface area is 175 Å². The predicted octanol–water partition coefficient (Wildman–Crippen LogP) is 3.16. The normalized spacial score (nSPS) is 12.7. The monoisotopic (exact) mass is 505 g/mol. The standard InChI is InChI=1S/C20H22F2INO4/c1-20(2,27)17(25)5-6-28-16-9-13(21)8-12(18(16)19(24)26)7-11-3-4-14(23)10-15(11)22/h3-4,8-10,17,25,27H,5-7H2,1-2H3,(H2,24,26)/t17-/m1/s1. The molecule has 0 aromatic heterocycles. The molecule has 0 aliphatic carbocycles. The molecule has 4 N–H and O–H groups in total. The second kappa shape index (κ2) is 9.15. The van der Waals surface area contributed by atoms with E-state index in [-0.39, 0.29) is 41.9 Å².